The summed E-state index contributed by atoms with van der Waals surface area (Å²) in [6.07, 6.45) is 0. The van der Waals surface area contributed by atoms with Crippen LogP contribution in [0.25, 0.3) is 0 Å². The number of rotatable bonds is 5. The van der Waals surface area contributed by atoms with Gasteiger partial charge in [0.2, 0.25) is 5.91 Å². The van der Waals surface area contributed by atoms with Crippen LogP contribution in [0.5, 0.6) is 0 Å². The van der Waals surface area contributed by atoms with Crippen LogP contribution in [0.1, 0.15) is 40.4 Å². The minimum atomic E-state index is -0.261. The highest BCUT2D eigenvalue weighted by molar-refractivity contribution is 5.97. The lowest BCUT2D eigenvalue weighted by molar-refractivity contribution is -0.120. The van der Waals surface area contributed by atoms with Crippen molar-refractivity contribution < 1.29 is 14.0 Å². The number of benzene rings is 1. The van der Waals surface area contributed by atoms with Crippen LogP contribution in [-0.4, -0.2) is 18.4 Å². The third-order valence-electron chi connectivity index (χ3n) is 3.36. The van der Waals surface area contributed by atoms with Gasteiger partial charge in [0, 0.05) is 5.56 Å². The van der Waals surface area contributed by atoms with Crippen molar-refractivity contribution in [3.05, 3.63) is 59.0 Å². The maximum Gasteiger partial charge on any atom is 0.251 e. The Morgan fingerprint density at radius 2 is 1.86 bits per heavy atom. The summed E-state index contributed by atoms with van der Waals surface area (Å²) in [5.41, 5.74) is 1.45. The van der Waals surface area contributed by atoms with Crippen molar-refractivity contribution in [1.82, 2.24) is 10.6 Å². The minimum absolute atomic E-state index is 0.0722. The van der Waals surface area contributed by atoms with Crippen molar-refractivity contribution in [2.24, 2.45) is 0 Å². The molecule has 0 aliphatic rings. The van der Waals surface area contributed by atoms with E-state index >= 15 is 0 Å². The Labute approximate surface area is 129 Å². The van der Waals surface area contributed by atoms with Gasteiger partial charge in [0.15, 0.2) is 0 Å². The molecule has 0 aliphatic heterocycles. The summed E-state index contributed by atoms with van der Waals surface area (Å²) in [5.74, 6) is 0.971. The summed E-state index contributed by atoms with van der Waals surface area (Å²) in [6, 6.07) is 10.7. The lowest BCUT2D eigenvalue weighted by atomic mass is 10.1. The molecule has 5 heteroatoms. The normalized spacial score (nSPS) is 11.8. The van der Waals surface area contributed by atoms with Crippen LogP contribution in [0.3, 0.4) is 0 Å². The minimum Gasteiger partial charge on any atom is -0.464 e. The van der Waals surface area contributed by atoms with Crippen LogP contribution >= 0.6 is 0 Å². The van der Waals surface area contributed by atoms with Crippen molar-refractivity contribution in [2.75, 3.05) is 6.54 Å². The fraction of sp³-hybridized carbons (Fsp3) is 0.294. The van der Waals surface area contributed by atoms with E-state index in [9.17, 15) is 9.59 Å². The summed E-state index contributed by atoms with van der Waals surface area (Å²) in [6.45, 7) is 5.47. The molecule has 0 saturated carbocycles. The Balaban J connectivity index is 1.85. The van der Waals surface area contributed by atoms with E-state index in [1.54, 1.807) is 12.1 Å². The molecule has 0 spiro atoms. The Morgan fingerprint density at radius 3 is 2.50 bits per heavy atom. The molecule has 0 saturated heterocycles. The molecule has 1 unspecified atom stereocenters. The SMILES string of the molecule is Cc1ccc(C(C)NC(=O)CNC(=O)c2ccccc2C)o1. The highest BCUT2D eigenvalue weighted by Crippen LogP contribution is 2.15. The predicted octanol–water partition coefficient (Wildman–Crippen LogP) is 2.50. The van der Waals surface area contributed by atoms with E-state index in [0.29, 0.717) is 11.3 Å². The van der Waals surface area contributed by atoms with Gasteiger partial charge in [-0.3, -0.25) is 9.59 Å². The zero-order chi connectivity index (χ0) is 16.1. The van der Waals surface area contributed by atoms with Crippen LogP contribution in [0.4, 0.5) is 0 Å². The predicted molar refractivity (Wildman–Crippen MR) is 83.5 cm³/mol. The second-order valence-corrected chi connectivity index (χ2v) is 5.24. The molecule has 1 aromatic heterocycles. The van der Waals surface area contributed by atoms with E-state index in [1.165, 1.54) is 0 Å². The van der Waals surface area contributed by atoms with Gasteiger partial charge in [-0.1, -0.05) is 18.2 Å². The number of hydrogen-bond donors (Lipinski definition) is 2. The van der Waals surface area contributed by atoms with E-state index in [4.69, 9.17) is 4.42 Å². The molecule has 5 nitrogen and oxygen atoms in total. The molecule has 2 amide bonds. The average Bonchev–Trinajstić information content (AvgIpc) is 2.92. The molecule has 2 rings (SSSR count). The molecule has 116 valence electrons. The van der Waals surface area contributed by atoms with Gasteiger partial charge in [-0.25, -0.2) is 0 Å². The van der Waals surface area contributed by atoms with Crippen LogP contribution in [0.15, 0.2) is 40.8 Å². The van der Waals surface area contributed by atoms with Crippen LogP contribution in [-0.2, 0) is 4.79 Å². The molecule has 2 N–H and O–H groups in total. The summed E-state index contributed by atoms with van der Waals surface area (Å²) in [4.78, 5) is 23.9. The number of hydrogen-bond acceptors (Lipinski definition) is 3. The summed E-state index contributed by atoms with van der Waals surface area (Å²) in [7, 11) is 0. The third kappa shape index (κ3) is 3.97. The molecule has 0 aliphatic carbocycles. The fourth-order valence-corrected chi connectivity index (χ4v) is 2.13. The van der Waals surface area contributed by atoms with Gasteiger partial charge in [-0.15, -0.1) is 0 Å². The Morgan fingerprint density at radius 1 is 1.14 bits per heavy atom. The van der Waals surface area contributed by atoms with Gasteiger partial charge < -0.3 is 15.1 Å². The molecule has 2 aromatic rings. The number of aryl methyl sites for hydroxylation is 2. The molecule has 1 atom stereocenters. The van der Waals surface area contributed by atoms with Crippen molar-refractivity contribution in [3.63, 3.8) is 0 Å². The van der Waals surface area contributed by atoms with Crippen molar-refractivity contribution in [2.45, 2.75) is 26.8 Å². The Bertz CT molecular complexity index is 676. The lowest BCUT2D eigenvalue weighted by Gasteiger charge is -2.12. The number of carbonyl (C=O) groups excluding carboxylic acids is 2. The van der Waals surface area contributed by atoms with E-state index in [1.807, 2.05) is 45.0 Å². The molecular formula is C17H20N2O3. The zero-order valence-corrected chi connectivity index (χ0v) is 13.0. The van der Waals surface area contributed by atoms with Gasteiger partial charge in [-0.2, -0.15) is 0 Å². The molecule has 1 aromatic carbocycles. The number of nitrogens with one attached hydrogen (secondary N) is 2. The number of amides is 2. The summed E-state index contributed by atoms with van der Waals surface area (Å²) < 4.78 is 5.45. The molecule has 1 heterocycles. The summed E-state index contributed by atoms with van der Waals surface area (Å²) >= 11 is 0. The lowest BCUT2D eigenvalue weighted by Crippen LogP contribution is -2.38. The topological polar surface area (TPSA) is 71.3 Å². The monoisotopic (exact) mass is 300 g/mol. The van der Waals surface area contributed by atoms with Gasteiger partial charge in [-0.05, 0) is 44.5 Å². The van der Waals surface area contributed by atoms with Gasteiger partial charge in [0.05, 0.1) is 12.6 Å². The quantitative estimate of drug-likeness (QED) is 0.891. The average molecular weight is 300 g/mol. The third-order valence-corrected chi connectivity index (χ3v) is 3.36. The largest absolute Gasteiger partial charge is 0.464 e. The Kier molecular flexibility index (Phi) is 4.99. The molecule has 0 bridgehead atoms. The van der Waals surface area contributed by atoms with Crippen LogP contribution in [0.2, 0.25) is 0 Å². The first-order chi connectivity index (χ1) is 10.5. The molecular weight excluding hydrogens is 280 g/mol. The maximum atomic E-state index is 12.0. The molecule has 0 fully saturated rings. The number of furan rings is 1. The van der Waals surface area contributed by atoms with Gasteiger partial charge in [0.25, 0.3) is 5.91 Å². The summed E-state index contributed by atoms with van der Waals surface area (Å²) in [5, 5.41) is 5.40. The van der Waals surface area contributed by atoms with Crippen LogP contribution < -0.4 is 10.6 Å². The zero-order valence-electron chi connectivity index (χ0n) is 13.0. The Hall–Kier alpha value is -2.56. The van der Waals surface area contributed by atoms with Gasteiger partial charge in [0.1, 0.15) is 11.5 Å². The van der Waals surface area contributed by atoms with Crippen LogP contribution in [0, 0.1) is 13.8 Å². The van der Waals surface area contributed by atoms with E-state index in [0.717, 1.165) is 11.3 Å². The standard InChI is InChI=1S/C17H20N2O3/c1-11-6-4-5-7-14(11)17(21)18-10-16(20)19-13(3)15-9-8-12(2)22-15/h4-9,13H,10H2,1-3H3,(H,18,21)(H,19,20). The first kappa shape index (κ1) is 15.8. The first-order valence-corrected chi connectivity index (χ1v) is 7.17. The second kappa shape index (κ2) is 6.93. The second-order valence-electron chi connectivity index (χ2n) is 5.24. The highest BCUT2D eigenvalue weighted by Gasteiger charge is 2.14. The number of carbonyl (C=O) groups is 2. The van der Waals surface area contributed by atoms with E-state index in [-0.39, 0.29) is 24.4 Å². The van der Waals surface area contributed by atoms with Crippen molar-refractivity contribution in [1.29, 1.82) is 0 Å². The van der Waals surface area contributed by atoms with Gasteiger partial charge >= 0.3 is 0 Å². The molecule has 0 radical (unpaired) electrons. The maximum absolute atomic E-state index is 12.0. The van der Waals surface area contributed by atoms with E-state index < -0.39 is 0 Å². The highest BCUT2D eigenvalue weighted by atomic mass is 16.3. The van der Waals surface area contributed by atoms with E-state index in [2.05, 4.69) is 10.6 Å². The van der Waals surface area contributed by atoms with Crippen molar-refractivity contribution in [3.8, 4) is 0 Å². The fourth-order valence-electron chi connectivity index (χ4n) is 2.13. The van der Waals surface area contributed by atoms with Crippen molar-refractivity contribution >= 4 is 11.8 Å². The molecule has 22 heavy (non-hydrogen) atoms. The smallest absolute Gasteiger partial charge is 0.251 e. The first-order valence-electron chi connectivity index (χ1n) is 7.17.